The minimum absolute atomic E-state index is 0.111. The minimum Gasteiger partial charge on any atom is -0.481 e. The van der Waals surface area contributed by atoms with E-state index in [-0.39, 0.29) is 24.0 Å². The van der Waals surface area contributed by atoms with Gasteiger partial charge in [0.15, 0.2) is 0 Å². The Kier molecular flexibility index (Phi) is 8.93. The van der Waals surface area contributed by atoms with Crippen LogP contribution in [0, 0.1) is 11.8 Å². The number of carboxylic acid groups (broad SMARTS) is 1. The standard InChI is InChI=1S/C22H38O6/c1-4-5-10-14-21(2,27-25)15-13-18-17(19-16-22(18,3)28-26-19)11-8-6-7-9-12-20(23)24/h13,15,17-19,25H,4-12,14,16H2,1-3H3,(H,23,24)/t17-,18-,19-,21?,22+/m1/s1. The van der Waals surface area contributed by atoms with Gasteiger partial charge in [-0.15, -0.1) is 0 Å². The largest absolute Gasteiger partial charge is 0.481 e. The lowest BCUT2D eigenvalue weighted by Crippen LogP contribution is -2.37. The molecule has 0 aromatic rings. The third-order valence-electron chi connectivity index (χ3n) is 6.43. The van der Waals surface area contributed by atoms with Gasteiger partial charge in [-0.1, -0.05) is 57.6 Å². The number of fused-ring (bicyclic) bond motifs is 2. The third kappa shape index (κ3) is 6.28. The lowest BCUT2D eigenvalue weighted by atomic mass is 9.82. The van der Waals surface area contributed by atoms with Crippen molar-refractivity contribution in [2.45, 2.75) is 109 Å². The molecule has 2 N–H and O–H groups in total. The molecule has 2 bridgehead atoms. The SMILES string of the molecule is CCCCCC(C)(C=C[C@@H]1[C@@H](CCCCCCC(=O)O)[C@H]2C[C@]1(C)OO2)OO. The highest BCUT2D eigenvalue weighted by molar-refractivity contribution is 5.66. The Balaban J connectivity index is 1.91. The lowest BCUT2D eigenvalue weighted by Gasteiger charge is -2.34. The molecule has 0 aromatic heterocycles. The summed E-state index contributed by atoms with van der Waals surface area (Å²) in [5, 5.41) is 18.2. The van der Waals surface area contributed by atoms with Crippen LogP contribution in [0.5, 0.6) is 0 Å². The van der Waals surface area contributed by atoms with Crippen LogP contribution >= 0.6 is 0 Å². The number of aliphatic carboxylic acids is 1. The molecule has 162 valence electrons. The van der Waals surface area contributed by atoms with Crippen LogP contribution in [-0.2, 0) is 19.5 Å². The Morgan fingerprint density at radius 1 is 1.25 bits per heavy atom. The van der Waals surface area contributed by atoms with Crippen LogP contribution < -0.4 is 0 Å². The van der Waals surface area contributed by atoms with Crippen LogP contribution in [0.2, 0.25) is 0 Å². The second-order valence-corrected chi connectivity index (χ2v) is 8.99. The van der Waals surface area contributed by atoms with Crippen molar-refractivity contribution < 1.29 is 29.8 Å². The fraction of sp³-hybridized carbons (Fsp3) is 0.864. The first-order valence-corrected chi connectivity index (χ1v) is 10.9. The summed E-state index contributed by atoms with van der Waals surface area (Å²) in [6, 6.07) is 0. The second-order valence-electron chi connectivity index (χ2n) is 8.99. The predicted octanol–water partition coefficient (Wildman–Crippen LogP) is 5.52. The van der Waals surface area contributed by atoms with Crippen LogP contribution in [0.4, 0.5) is 0 Å². The molecule has 1 heterocycles. The molecule has 1 unspecified atom stereocenters. The summed E-state index contributed by atoms with van der Waals surface area (Å²) in [6.07, 6.45) is 14.3. The number of hydrogen-bond donors (Lipinski definition) is 2. The zero-order valence-electron chi connectivity index (χ0n) is 17.7. The van der Waals surface area contributed by atoms with E-state index in [9.17, 15) is 10.1 Å². The molecular formula is C22H38O6. The summed E-state index contributed by atoms with van der Waals surface area (Å²) in [7, 11) is 0. The van der Waals surface area contributed by atoms with Gasteiger partial charge in [0.25, 0.3) is 0 Å². The molecule has 0 spiro atoms. The molecular weight excluding hydrogens is 360 g/mol. The molecule has 0 radical (unpaired) electrons. The highest BCUT2D eigenvalue weighted by Crippen LogP contribution is 2.52. The van der Waals surface area contributed by atoms with Crippen molar-refractivity contribution in [1.29, 1.82) is 0 Å². The van der Waals surface area contributed by atoms with Crippen molar-refractivity contribution in [3.63, 3.8) is 0 Å². The monoisotopic (exact) mass is 398 g/mol. The quantitative estimate of drug-likeness (QED) is 0.173. The number of unbranched alkanes of at least 4 members (excludes halogenated alkanes) is 5. The maximum absolute atomic E-state index is 10.6. The smallest absolute Gasteiger partial charge is 0.303 e. The fourth-order valence-corrected chi connectivity index (χ4v) is 4.65. The molecule has 0 aromatic carbocycles. The van der Waals surface area contributed by atoms with Crippen molar-refractivity contribution in [1.82, 2.24) is 0 Å². The molecule has 0 amide bonds. The summed E-state index contributed by atoms with van der Waals surface area (Å²) >= 11 is 0. The normalized spacial score (nSPS) is 31.5. The van der Waals surface area contributed by atoms with Gasteiger partial charge in [-0.25, -0.2) is 14.7 Å². The highest BCUT2D eigenvalue weighted by atomic mass is 17.2. The summed E-state index contributed by atoms with van der Waals surface area (Å²) in [6.45, 7) is 6.18. The number of hydrogen-bond acceptors (Lipinski definition) is 5. The Bertz CT molecular complexity index is 521. The maximum atomic E-state index is 10.6. The van der Waals surface area contributed by atoms with Gasteiger partial charge in [0.2, 0.25) is 0 Å². The van der Waals surface area contributed by atoms with Crippen molar-refractivity contribution in [3.8, 4) is 0 Å². The first-order valence-electron chi connectivity index (χ1n) is 10.9. The van der Waals surface area contributed by atoms with Crippen molar-refractivity contribution in [3.05, 3.63) is 12.2 Å². The number of carbonyl (C=O) groups is 1. The van der Waals surface area contributed by atoms with E-state index in [1.165, 1.54) is 0 Å². The van der Waals surface area contributed by atoms with Crippen LogP contribution in [0.3, 0.4) is 0 Å². The lowest BCUT2D eigenvalue weighted by molar-refractivity contribution is -0.365. The Morgan fingerprint density at radius 3 is 2.68 bits per heavy atom. The van der Waals surface area contributed by atoms with E-state index in [2.05, 4.69) is 19.9 Å². The summed E-state index contributed by atoms with van der Waals surface area (Å²) in [4.78, 5) is 26.6. The van der Waals surface area contributed by atoms with Crippen LogP contribution in [0.1, 0.15) is 91.4 Å². The maximum Gasteiger partial charge on any atom is 0.303 e. The van der Waals surface area contributed by atoms with E-state index in [4.69, 9.17) is 19.8 Å². The zero-order chi connectivity index (χ0) is 20.6. The first-order chi connectivity index (χ1) is 13.3. The van der Waals surface area contributed by atoms with Gasteiger partial charge in [-0.05, 0) is 39.0 Å². The molecule has 2 aliphatic rings. The van der Waals surface area contributed by atoms with E-state index in [0.29, 0.717) is 5.92 Å². The zero-order valence-corrected chi connectivity index (χ0v) is 17.7. The summed E-state index contributed by atoms with van der Waals surface area (Å²) in [5.74, 6) is -0.108. The van der Waals surface area contributed by atoms with Crippen LogP contribution in [0.25, 0.3) is 0 Å². The van der Waals surface area contributed by atoms with Gasteiger partial charge in [-0.2, -0.15) is 0 Å². The molecule has 5 atom stereocenters. The Morgan fingerprint density at radius 2 is 2.00 bits per heavy atom. The van der Waals surface area contributed by atoms with Gasteiger partial charge in [0.05, 0.1) is 6.10 Å². The fourth-order valence-electron chi connectivity index (χ4n) is 4.65. The van der Waals surface area contributed by atoms with E-state index < -0.39 is 11.6 Å². The van der Waals surface area contributed by atoms with Gasteiger partial charge in [-0.3, -0.25) is 10.1 Å². The Hall–Kier alpha value is -0.950. The van der Waals surface area contributed by atoms with Crippen molar-refractivity contribution in [2.24, 2.45) is 11.8 Å². The molecule has 2 fully saturated rings. The average Bonchev–Trinajstić information content (AvgIpc) is 3.16. The average molecular weight is 399 g/mol. The van der Waals surface area contributed by atoms with Gasteiger partial charge >= 0.3 is 5.97 Å². The van der Waals surface area contributed by atoms with Gasteiger partial charge in [0, 0.05) is 18.8 Å². The molecule has 6 heteroatoms. The molecule has 2 rings (SSSR count). The van der Waals surface area contributed by atoms with Crippen LogP contribution in [0.15, 0.2) is 12.2 Å². The second kappa shape index (κ2) is 10.7. The topological polar surface area (TPSA) is 85.2 Å². The van der Waals surface area contributed by atoms with Crippen LogP contribution in [-0.4, -0.2) is 33.6 Å². The molecule has 1 saturated heterocycles. The van der Waals surface area contributed by atoms with Crippen molar-refractivity contribution in [2.75, 3.05) is 0 Å². The Labute approximate surface area is 169 Å². The predicted molar refractivity (Wildman–Crippen MR) is 107 cm³/mol. The molecule has 1 saturated carbocycles. The minimum atomic E-state index is -0.718. The van der Waals surface area contributed by atoms with E-state index in [0.717, 1.165) is 64.2 Å². The summed E-state index contributed by atoms with van der Waals surface area (Å²) < 4.78 is 0. The van der Waals surface area contributed by atoms with Crippen molar-refractivity contribution >= 4 is 5.97 Å². The summed E-state index contributed by atoms with van der Waals surface area (Å²) in [5.41, 5.74) is -0.996. The number of carboxylic acids is 1. The van der Waals surface area contributed by atoms with E-state index >= 15 is 0 Å². The first kappa shape index (κ1) is 23.3. The molecule has 28 heavy (non-hydrogen) atoms. The van der Waals surface area contributed by atoms with Gasteiger partial charge in [0.1, 0.15) is 11.2 Å². The van der Waals surface area contributed by atoms with E-state index in [1.54, 1.807) is 0 Å². The highest BCUT2D eigenvalue weighted by Gasteiger charge is 2.57. The van der Waals surface area contributed by atoms with E-state index in [1.807, 2.05) is 13.0 Å². The molecule has 1 aliphatic carbocycles. The molecule has 6 nitrogen and oxygen atoms in total. The molecule has 1 aliphatic heterocycles. The number of rotatable bonds is 14. The van der Waals surface area contributed by atoms with Gasteiger partial charge < -0.3 is 5.11 Å². The third-order valence-corrected chi connectivity index (χ3v) is 6.43.